The number of rotatable bonds is 7. The van der Waals surface area contributed by atoms with Crippen molar-refractivity contribution >= 4 is 40.2 Å². The SMILES string of the molecule is CC(Sc1ccnc2cc(Cl)ccc12)C(=O)NCCN1CCN(C)CC1c1ccccc1. The van der Waals surface area contributed by atoms with Gasteiger partial charge in [-0.3, -0.25) is 14.7 Å². The lowest BCUT2D eigenvalue weighted by atomic mass is 10.0. The molecule has 3 aromatic rings. The van der Waals surface area contributed by atoms with Crippen LogP contribution < -0.4 is 5.32 Å². The number of benzene rings is 2. The summed E-state index contributed by atoms with van der Waals surface area (Å²) in [5, 5.41) is 4.62. The minimum atomic E-state index is -0.200. The number of halogens is 1. The smallest absolute Gasteiger partial charge is 0.233 e. The average Bonchev–Trinajstić information content (AvgIpc) is 2.80. The van der Waals surface area contributed by atoms with Crippen LogP contribution in [0.2, 0.25) is 5.02 Å². The quantitative estimate of drug-likeness (QED) is 0.518. The number of pyridine rings is 1. The summed E-state index contributed by atoms with van der Waals surface area (Å²) in [6.07, 6.45) is 1.77. The highest BCUT2D eigenvalue weighted by molar-refractivity contribution is 8.00. The fourth-order valence-corrected chi connectivity index (χ4v) is 5.30. The van der Waals surface area contributed by atoms with Gasteiger partial charge in [-0.1, -0.05) is 48.0 Å². The summed E-state index contributed by atoms with van der Waals surface area (Å²) in [5.74, 6) is 0.0549. The van der Waals surface area contributed by atoms with Crippen LogP contribution >= 0.6 is 23.4 Å². The molecular formula is C25H29ClN4OS. The maximum absolute atomic E-state index is 12.8. The van der Waals surface area contributed by atoms with Gasteiger partial charge in [-0.05, 0) is 37.7 Å². The number of hydrogen-bond acceptors (Lipinski definition) is 5. The maximum atomic E-state index is 12.8. The highest BCUT2D eigenvalue weighted by Gasteiger charge is 2.26. The summed E-state index contributed by atoms with van der Waals surface area (Å²) >= 11 is 7.64. The predicted molar refractivity (Wildman–Crippen MR) is 133 cm³/mol. The van der Waals surface area contributed by atoms with Gasteiger partial charge in [0.25, 0.3) is 0 Å². The number of carbonyl (C=O) groups excluding carboxylic acids is 1. The number of aromatic nitrogens is 1. The van der Waals surface area contributed by atoms with Crippen LogP contribution in [0.3, 0.4) is 0 Å². The molecule has 4 rings (SSSR count). The fourth-order valence-electron chi connectivity index (χ4n) is 4.12. The number of nitrogens with one attached hydrogen (secondary N) is 1. The Morgan fingerprint density at radius 3 is 2.84 bits per heavy atom. The Morgan fingerprint density at radius 2 is 2.03 bits per heavy atom. The summed E-state index contributed by atoms with van der Waals surface area (Å²) in [5.41, 5.74) is 2.18. The van der Waals surface area contributed by atoms with Crippen LogP contribution in [-0.4, -0.2) is 65.7 Å². The van der Waals surface area contributed by atoms with Crippen LogP contribution in [-0.2, 0) is 4.79 Å². The highest BCUT2D eigenvalue weighted by Crippen LogP contribution is 2.31. The lowest BCUT2D eigenvalue weighted by Crippen LogP contribution is -2.49. The van der Waals surface area contributed by atoms with Gasteiger partial charge in [-0.15, -0.1) is 11.8 Å². The van der Waals surface area contributed by atoms with Crippen LogP contribution in [0.5, 0.6) is 0 Å². The molecular weight excluding hydrogens is 440 g/mol. The highest BCUT2D eigenvalue weighted by atomic mass is 35.5. The number of hydrogen-bond donors (Lipinski definition) is 1. The monoisotopic (exact) mass is 468 g/mol. The summed E-state index contributed by atoms with van der Waals surface area (Å²) in [7, 11) is 2.17. The molecule has 1 N–H and O–H groups in total. The Balaban J connectivity index is 1.33. The first-order valence-electron chi connectivity index (χ1n) is 11.0. The number of piperazine rings is 1. The molecule has 32 heavy (non-hydrogen) atoms. The van der Waals surface area contributed by atoms with Crippen molar-refractivity contribution in [3.63, 3.8) is 0 Å². The molecule has 2 atom stereocenters. The Labute approximate surface area is 199 Å². The topological polar surface area (TPSA) is 48.5 Å². The number of fused-ring (bicyclic) bond motifs is 1. The molecule has 1 aliphatic rings. The first kappa shape index (κ1) is 23.1. The summed E-state index contributed by atoms with van der Waals surface area (Å²) < 4.78 is 0. The summed E-state index contributed by atoms with van der Waals surface area (Å²) in [4.78, 5) is 23.1. The van der Waals surface area contributed by atoms with Gasteiger partial charge in [-0.25, -0.2) is 0 Å². The van der Waals surface area contributed by atoms with E-state index < -0.39 is 0 Å². The molecule has 1 amide bonds. The van der Waals surface area contributed by atoms with E-state index in [0.29, 0.717) is 17.6 Å². The van der Waals surface area contributed by atoms with E-state index in [0.717, 1.165) is 42.0 Å². The second-order valence-corrected chi connectivity index (χ2v) is 10.1. The van der Waals surface area contributed by atoms with Gasteiger partial charge in [0.2, 0.25) is 5.91 Å². The lowest BCUT2D eigenvalue weighted by molar-refractivity contribution is -0.120. The number of likely N-dealkylation sites (N-methyl/N-ethyl adjacent to an activating group) is 1. The number of nitrogens with zero attached hydrogens (tertiary/aromatic N) is 3. The number of amides is 1. The Hall–Kier alpha value is -2.12. The Kier molecular flexibility index (Phi) is 7.68. The molecule has 2 unspecified atom stereocenters. The third-order valence-corrected chi connectivity index (χ3v) is 7.33. The molecule has 1 aliphatic heterocycles. The van der Waals surface area contributed by atoms with Crippen LogP contribution in [0.1, 0.15) is 18.5 Å². The van der Waals surface area contributed by atoms with Gasteiger partial charge in [0, 0.05) is 60.3 Å². The average molecular weight is 469 g/mol. The Bertz CT molecular complexity index is 1060. The van der Waals surface area contributed by atoms with E-state index >= 15 is 0 Å². The van der Waals surface area contributed by atoms with Crippen molar-refractivity contribution in [2.75, 3.05) is 39.8 Å². The minimum absolute atomic E-state index is 0.0549. The molecule has 0 spiro atoms. The predicted octanol–water partition coefficient (Wildman–Crippen LogP) is 4.47. The van der Waals surface area contributed by atoms with Gasteiger partial charge in [0.1, 0.15) is 0 Å². The standard InChI is InChI=1S/C25H29ClN4OS/c1-18(32-24-10-11-27-22-16-20(26)8-9-21(22)24)25(31)28-12-13-30-15-14-29(2)17-23(30)19-6-4-3-5-7-19/h3-11,16,18,23H,12-15,17H2,1-2H3,(H,28,31). The van der Waals surface area contributed by atoms with Crippen molar-refractivity contribution in [1.29, 1.82) is 0 Å². The second-order valence-electron chi connectivity index (χ2n) is 8.25. The zero-order chi connectivity index (χ0) is 22.5. The van der Waals surface area contributed by atoms with Gasteiger partial charge >= 0.3 is 0 Å². The molecule has 0 saturated carbocycles. The van der Waals surface area contributed by atoms with Crippen molar-refractivity contribution < 1.29 is 4.79 Å². The van der Waals surface area contributed by atoms with Gasteiger partial charge in [0.05, 0.1) is 10.8 Å². The first-order chi connectivity index (χ1) is 15.5. The van der Waals surface area contributed by atoms with Gasteiger partial charge < -0.3 is 10.2 Å². The third-order valence-electron chi connectivity index (χ3n) is 5.91. The molecule has 0 radical (unpaired) electrons. The van der Waals surface area contributed by atoms with Crippen molar-refractivity contribution in [3.8, 4) is 0 Å². The maximum Gasteiger partial charge on any atom is 0.233 e. The van der Waals surface area contributed by atoms with E-state index in [-0.39, 0.29) is 11.2 Å². The van der Waals surface area contributed by atoms with Crippen LogP contribution in [0, 0.1) is 0 Å². The molecule has 1 aromatic heterocycles. The normalized spacial score (nSPS) is 18.5. The van der Waals surface area contributed by atoms with E-state index in [9.17, 15) is 4.79 Å². The van der Waals surface area contributed by atoms with Crippen molar-refractivity contribution in [2.45, 2.75) is 23.1 Å². The molecule has 0 aliphatic carbocycles. The van der Waals surface area contributed by atoms with Gasteiger partial charge in [-0.2, -0.15) is 0 Å². The number of thioether (sulfide) groups is 1. The van der Waals surface area contributed by atoms with Crippen molar-refractivity contribution in [3.05, 3.63) is 71.4 Å². The van der Waals surface area contributed by atoms with Crippen molar-refractivity contribution in [1.82, 2.24) is 20.1 Å². The molecule has 1 fully saturated rings. The van der Waals surface area contributed by atoms with Crippen LogP contribution in [0.15, 0.2) is 65.7 Å². The molecule has 2 aromatic carbocycles. The van der Waals surface area contributed by atoms with Crippen molar-refractivity contribution in [2.24, 2.45) is 0 Å². The zero-order valence-corrected chi connectivity index (χ0v) is 20.1. The van der Waals surface area contributed by atoms with E-state index in [2.05, 4.69) is 57.5 Å². The molecule has 2 heterocycles. The number of carbonyl (C=O) groups is 1. The summed E-state index contributed by atoms with van der Waals surface area (Å²) in [6.45, 7) is 6.48. The molecule has 5 nitrogen and oxygen atoms in total. The summed E-state index contributed by atoms with van der Waals surface area (Å²) in [6, 6.07) is 18.6. The third kappa shape index (κ3) is 5.62. The van der Waals surface area contributed by atoms with E-state index in [1.54, 1.807) is 18.0 Å². The molecule has 7 heteroatoms. The lowest BCUT2D eigenvalue weighted by Gasteiger charge is -2.40. The Morgan fingerprint density at radius 1 is 1.22 bits per heavy atom. The van der Waals surface area contributed by atoms with E-state index in [1.807, 2.05) is 31.2 Å². The fraction of sp³-hybridized carbons (Fsp3) is 0.360. The van der Waals surface area contributed by atoms with Crippen LogP contribution in [0.25, 0.3) is 10.9 Å². The van der Waals surface area contributed by atoms with Crippen LogP contribution in [0.4, 0.5) is 0 Å². The van der Waals surface area contributed by atoms with Gasteiger partial charge in [0.15, 0.2) is 0 Å². The molecule has 0 bridgehead atoms. The van der Waals surface area contributed by atoms with E-state index in [1.165, 1.54) is 5.56 Å². The second kappa shape index (κ2) is 10.7. The van der Waals surface area contributed by atoms with E-state index in [4.69, 9.17) is 11.6 Å². The first-order valence-corrected chi connectivity index (χ1v) is 12.2. The zero-order valence-electron chi connectivity index (χ0n) is 18.5. The molecule has 1 saturated heterocycles. The molecule has 168 valence electrons. The minimum Gasteiger partial charge on any atom is -0.354 e. The largest absolute Gasteiger partial charge is 0.354 e.